The van der Waals surface area contributed by atoms with Gasteiger partial charge in [-0.1, -0.05) is 84.9 Å². The Bertz CT molecular complexity index is 4090. The number of nitrogens with zero attached hydrogens (tertiary/aromatic N) is 6. The van der Waals surface area contributed by atoms with Gasteiger partial charge in [0.25, 0.3) is 0 Å². The monoisotopic (exact) mass is 880 g/mol. The lowest BCUT2D eigenvalue weighted by Gasteiger charge is -2.19. The zero-order valence-electron chi connectivity index (χ0n) is 35.7. The molecule has 9 aromatic carbocycles. The minimum atomic E-state index is -4.65. The number of para-hydroxylation sites is 2. The van der Waals surface area contributed by atoms with Gasteiger partial charge in [0.15, 0.2) is 0 Å². The molecular weight excluding hydrogens is 850 g/mol. The average Bonchev–Trinajstić information content (AvgIpc) is 3.90. The van der Waals surface area contributed by atoms with Crippen LogP contribution in [0.1, 0.15) is 27.8 Å². The quantitative estimate of drug-likeness (QED) is 0.166. The normalized spacial score (nSPS) is 11.4. The van der Waals surface area contributed by atoms with E-state index in [1.54, 1.807) is 24.3 Å². The number of nitriles is 4. The number of aromatic nitrogens is 2. The maximum atomic E-state index is 13.9. The number of hydrogen-bond acceptors (Lipinski definition) is 4. The number of fused-ring (bicyclic) bond motifs is 6. The van der Waals surface area contributed by atoms with E-state index in [1.165, 1.54) is 6.07 Å². The lowest BCUT2D eigenvalue weighted by molar-refractivity contribution is -0.137. The molecule has 0 saturated carbocycles. The zero-order valence-corrected chi connectivity index (χ0v) is 35.7. The third-order valence-corrected chi connectivity index (χ3v) is 12.7. The molecule has 0 N–H and O–H groups in total. The molecule has 11 rings (SSSR count). The number of alkyl halides is 3. The molecule has 6 nitrogen and oxygen atoms in total. The largest absolute Gasteiger partial charge is 0.416 e. The van der Waals surface area contributed by atoms with Crippen molar-refractivity contribution in [1.82, 2.24) is 9.13 Å². The van der Waals surface area contributed by atoms with E-state index >= 15 is 0 Å². The van der Waals surface area contributed by atoms with E-state index in [2.05, 4.69) is 51.6 Å². The van der Waals surface area contributed by atoms with Crippen LogP contribution in [0.5, 0.6) is 0 Å². The predicted molar refractivity (Wildman–Crippen MR) is 261 cm³/mol. The van der Waals surface area contributed by atoms with Gasteiger partial charge in [0.05, 0.1) is 79.8 Å². The second kappa shape index (κ2) is 16.1. The molecule has 0 aliphatic heterocycles. The van der Waals surface area contributed by atoms with E-state index in [0.29, 0.717) is 44.6 Å². The summed E-state index contributed by atoms with van der Waals surface area (Å²) in [7, 11) is 0. The first-order chi connectivity index (χ1) is 33.1. The number of rotatable bonds is 6. The third-order valence-electron chi connectivity index (χ3n) is 12.7. The van der Waals surface area contributed by atoms with E-state index in [1.807, 2.05) is 127 Å². The molecule has 0 bridgehead atoms. The highest BCUT2D eigenvalue weighted by Crippen LogP contribution is 2.43. The van der Waals surface area contributed by atoms with Crippen LogP contribution in [0.4, 0.5) is 13.2 Å². The van der Waals surface area contributed by atoms with Crippen molar-refractivity contribution in [3.63, 3.8) is 0 Å². The molecule has 0 radical (unpaired) electrons. The van der Waals surface area contributed by atoms with Gasteiger partial charge < -0.3 is 9.13 Å². The van der Waals surface area contributed by atoms with Gasteiger partial charge in [-0.2, -0.15) is 34.2 Å². The first-order valence-electron chi connectivity index (χ1n) is 21.5. The van der Waals surface area contributed by atoms with E-state index < -0.39 is 11.7 Å². The Kier molecular flexibility index (Phi) is 9.72. The molecule has 2 aromatic heterocycles. The van der Waals surface area contributed by atoms with Crippen LogP contribution < -0.4 is 0 Å². The van der Waals surface area contributed by atoms with E-state index in [-0.39, 0.29) is 5.56 Å². The lowest BCUT2D eigenvalue weighted by Crippen LogP contribution is -2.05. The summed E-state index contributed by atoms with van der Waals surface area (Å²) in [5.41, 5.74) is 11.1. The predicted octanol–water partition coefficient (Wildman–Crippen LogP) is 15.1. The van der Waals surface area contributed by atoms with Gasteiger partial charge in [-0.15, -0.1) is 0 Å². The summed E-state index contributed by atoms with van der Waals surface area (Å²) in [5, 5.41) is 44.3. The summed E-state index contributed by atoms with van der Waals surface area (Å²) in [6.45, 7) is 0. The van der Waals surface area contributed by atoms with E-state index in [9.17, 15) is 34.2 Å². The first-order valence-corrected chi connectivity index (χ1v) is 21.5. The minimum Gasteiger partial charge on any atom is -0.309 e. The summed E-state index contributed by atoms with van der Waals surface area (Å²) in [4.78, 5) is 0. The van der Waals surface area contributed by atoms with Crippen molar-refractivity contribution in [3.05, 3.63) is 216 Å². The third kappa shape index (κ3) is 6.79. The molecule has 0 aliphatic carbocycles. The van der Waals surface area contributed by atoms with Gasteiger partial charge in [0, 0.05) is 38.4 Å². The van der Waals surface area contributed by atoms with Crippen molar-refractivity contribution in [1.29, 1.82) is 21.0 Å². The summed E-state index contributed by atoms with van der Waals surface area (Å²) >= 11 is 0. The van der Waals surface area contributed by atoms with Gasteiger partial charge in [-0.05, 0) is 137 Å². The first kappa shape index (κ1) is 41.1. The van der Waals surface area contributed by atoms with Crippen LogP contribution in [0.3, 0.4) is 0 Å². The van der Waals surface area contributed by atoms with Gasteiger partial charge in [0.2, 0.25) is 0 Å². The highest BCUT2D eigenvalue weighted by molar-refractivity contribution is 6.12. The van der Waals surface area contributed by atoms with Crippen LogP contribution in [-0.2, 0) is 6.18 Å². The maximum absolute atomic E-state index is 13.9. The van der Waals surface area contributed by atoms with Gasteiger partial charge in [-0.3, -0.25) is 0 Å². The van der Waals surface area contributed by atoms with Crippen LogP contribution in [0.2, 0.25) is 0 Å². The molecule has 0 spiro atoms. The Labute approximate surface area is 387 Å². The molecule has 0 unspecified atom stereocenters. The van der Waals surface area contributed by atoms with Crippen molar-refractivity contribution in [3.8, 4) is 80.2 Å². The second-order valence-corrected chi connectivity index (χ2v) is 16.5. The Hall–Kier alpha value is -9.67. The van der Waals surface area contributed by atoms with Gasteiger partial charge in [0.1, 0.15) is 0 Å². The Morgan fingerprint density at radius 1 is 0.353 bits per heavy atom. The number of halogens is 3. The topological polar surface area (TPSA) is 105 Å². The Morgan fingerprint density at radius 3 is 1.49 bits per heavy atom. The fourth-order valence-electron chi connectivity index (χ4n) is 9.55. The molecular formula is C59H31F3N6. The molecule has 9 heteroatoms. The standard InChI is InChI=1S/C59H31F3N6/c60-59(61,62)45-19-21-47(44(27-45)35-66)42-18-24-58(68-55-14-4-2-12-49(55)52-29-41(17-23-57(52)68)39-10-6-8-37(26-39)33-64)53(30-42)50-31-46(20-15-43(50)34-65)67-54-13-3-1-11-48(54)51-28-40(16-22-56(51)67)38-9-5-7-36(25-38)32-63/h1-31H. The highest BCUT2D eigenvalue weighted by Gasteiger charge is 2.31. The molecule has 0 amide bonds. The van der Waals surface area contributed by atoms with E-state index in [4.69, 9.17) is 0 Å². The van der Waals surface area contributed by atoms with E-state index in [0.717, 1.165) is 83.7 Å². The van der Waals surface area contributed by atoms with Crippen molar-refractivity contribution < 1.29 is 13.2 Å². The molecule has 11 aromatic rings. The van der Waals surface area contributed by atoms with Gasteiger partial charge >= 0.3 is 6.18 Å². The maximum Gasteiger partial charge on any atom is 0.416 e. The van der Waals surface area contributed by atoms with Gasteiger partial charge in [-0.25, -0.2) is 0 Å². The Morgan fingerprint density at radius 2 is 0.897 bits per heavy atom. The summed E-state index contributed by atoms with van der Waals surface area (Å²) in [6, 6.07) is 66.7. The smallest absolute Gasteiger partial charge is 0.309 e. The summed E-state index contributed by atoms with van der Waals surface area (Å²) in [6.07, 6.45) is -4.65. The lowest BCUT2D eigenvalue weighted by atomic mass is 9.91. The second-order valence-electron chi connectivity index (χ2n) is 16.5. The fourth-order valence-corrected chi connectivity index (χ4v) is 9.55. The molecule has 318 valence electrons. The highest BCUT2D eigenvalue weighted by atomic mass is 19.4. The zero-order chi connectivity index (χ0) is 46.7. The molecule has 0 atom stereocenters. The van der Waals surface area contributed by atoms with Crippen molar-refractivity contribution in [2.45, 2.75) is 6.18 Å². The van der Waals surface area contributed by atoms with Crippen LogP contribution in [0, 0.1) is 45.3 Å². The van der Waals surface area contributed by atoms with Crippen molar-refractivity contribution >= 4 is 43.6 Å². The SMILES string of the molecule is N#Cc1cccc(-c2ccc3c(c2)c2ccccc2n3-c2ccc(C#N)c(-c3cc(-c4ccc(C(F)(F)F)cc4C#N)ccc3-n3c4ccccc4c4cc(-c5cccc(C#N)c5)ccc43)c2)c1. The Balaban J connectivity index is 1.17. The van der Waals surface area contributed by atoms with Crippen molar-refractivity contribution in [2.75, 3.05) is 0 Å². The van der Waals surface area contributed by atoms with Crippen LogP contribution in [0.25, 0.3) is 99.5 Å². The summed E-state index contributed by atoms with van der Waals surface area (Å²) < 4.78 is 46.1. The summed E-state index contributed by atoms with van der Waals surface area (Å²) in [5.74, 6) is 0. The molecule has 0 fully saturated rings. The number of benzene rings is 9. The van der Waals surface area contributed by atoms with Crippen LogP contribution in [0.15, 0.2) is 188 Å². The van der Waals surface area contributed by atoms with Crippen molar-refractivity contribution in [2.24, 2.45) is 0 Å². The fraction of sp³-hybridized carbons (Fsp3) is 0.0169. The number of hydrogen-bond donors (Lipinski definition) is 0. The van der Waals surface area contributed by atoms with Crippen LogP contribution in [-0.4, -0.2) is 9.13 Å². The van der Waals surface area contributed by atoms with Crippen LogP contribution >= 0.6 is 0 Å². The molecule has 0 aliphatic rings. The molecule has 68 heavy (non-hydrogen) atoms. The minimum absolute atomic E-state index is 0.137. The molecule has 2 heterocycles. The average molecular weight is 881 g/mol. The molecule has 0 saturated heterocycles.